The highest BCUT2D eigenvalue weighted by atomic mass is 19.4. The molecule has 0 saturated heterocycles. The number of nitrogens with zero attached hydrogens (tertiary/aromatic N) is 1. The maximum Gasteiger partial charge on any atom is 0.406 e. The number of alkyl halides is 3. The quantitative estimate of drug-likeness (QED) is 0.808. The first-order valence-corrected chi connectivity index (χ1v) is 4.82. The Balaban J connectivity index is 2.82. The van der Waals surface area contributed by atoms with Crippen molar-refractivity contribution < 1.29 is 18.0 Å². The van der Waals surface area contributed by atoms with Crippen LogP contribution in [-0.4, -0.2) is 22.7 Å². The van der Waals surface area contributed by atoms with Crippen molar-refractivity contribution in [2.45, 2.75) is 25.7 Å². The average molecular weight is 244 g/mol. The maximum atomic E-state index is 12.2. The van der Waals surface area contributed by atoms with Gasteiger partial charge in [-0.1, -0.05) is 5.92 Å². The van der Waals surface area contributed by atoms with Crippen molar-refractivity contribution in [1.82, 2.24) is 9.88 Å². The van der Waals surface area contributed by atoms with Crippen LogP contribution in [0.2, 0.25) is 0 Å². The fourth-order valence-electron chi connectivity index (χ4n) is 1.26. The lowest BCUT2D eigenvalue weighted by Gasteiger charge is -2.12. The Morgan fingerprint density at radius 2 is 2.29 bits per heavy atom. The Labute approximate surface area is 96.6 Å². The third-order valence-corrected chi connectivity index (χ3v) is 2.01. The SMILES string of the molecule is C#CC(C)NC(=O)c1cccn1CC(F)(F)F. The number of nitrogens with one attached hydrogen (secondary N) is 1. The molecule has 1 N–H and O–H groups in total. The topological polar surface area (TPSA) is 34.0 Å². The van der Waals surface area contributed by atoms with Gasteiger partial charge in [0, 0.05) is 6.20 Å². The van der Waals surface area contributed by atoms with E-state index in [4.69, 9.17) is 6.42 Å². The van der Waals surface area contributed by atoms with Crippen molar-refractivity contribution >= 4 is 5.91 Å². The average Bonchev–Trinajstić information content (AvgIpc) is 2.62. The molecule has 3 nitrogen and oxygen atoms in total. The summed E-state index contributed by atoms with van der Waals surface area (Å²) in [5.74, 6) is 1.64. The van der Waals surface area contributed by atoms with Gasteiger partial charge in [-0.05, 0) is 19.1 Å². The minimum Gasteiger partial charge on any atom is -0.337 e. The van der Waals surface area contributed by atoms with E-state index in [1.165, 1.54) is 18.3 Å². The van der Waals surface area contributed by atoms with Crippen molar-refractivity contribution in [3.05, 3.63) is 24.0 Å². The molecule has 0 spiro atoms. The summed E-state index contributed by atoms with van der Waals surface area (Å²) in [7, 11) is 0. The summed E-state index contributed by atoms with van der Waals surface area (Å²) in [6.45, 7) is 0.363. The van der Waals surface area contributed by atoms with Gasteiger partial charge in [-0.3, -0.25) is 4.79 Å². The summed E-state index contributed by atoms with van der Waals surface area (Å²) in [6, 6.07) is 2.16. The van der Waals surface area contributed by atoms with Gasteiger partial charge in [0.2, 0.25) is 0 Å². The van der Waals surface area contributed by atoms with E-state index in [2.05, 4.69) is 11.2 Å². The molecule has 0 saturated carbocycles. The van der Waals surface area contributed by atoms with E-state index in [-0.39, 0.29) is 5.69 Å². The Kier molecular flexibility index (Phi) is 3.84. The fourth-order valence-corrected chi connectivity index (χ4v) is 1.26. The predicted molar refractivity (Wildman–Crippen MR) is 56.2 cm³/mol. The summed E-state index contributed by atoms with van der Waals surface area (Å²) in [5.41, 5.74) is -0.0653. The maximum absolute atomic E-state index is 12.2. The van der Waals surface area contributed by atoms with Crippen molar-refractivity contribution in [2.75, 3.05) is 0 Å². The largest absolute Gasteiger partial charge is 0.406 e. The number of aromatic nitrogens is 1. The van der Waals surface area contributed by atoms with Gasteiger partial charge in [0.15, 0.2) is 0 Å². The van der Waals surface area contributed by atoms with Gasteiger partial charge in [-0.2, -0.15) is 13.2 Å². The van der Waals surface area contributed by atoms with E-state index < -0.39 is 24.7 Å². The van der Waals surface area contributed by atoms with Gasteiger partial charge in [0.25, 0.3) is 5.91 Å². The smallest absolute Gasteiger partial charge is 0.337 e. The molecule has 1 amide bonds. The third kappa shape index (κ3) is 3.87. The number of hydrogen-bond donors (Lipinski definition) is 1. The summed E-state index contributed by atoms with van der Waals surface area (Å²) in [5, 5.41) is 2.39. The zero-order chi connectivity index (χ0) is 13.1. The van der Waals surface area contributed by atoms with E-state index in [0.29, 0.717) is 0 Å². The highest BCUT2D eigenvalue weighted by Crippen LogP contribution is 2.18. The van der Waals surface area contributed by atoms with Gasteiger partial charge in [0.1, 0.15) is 12.2 Å². The molecule has 0 fully saturated rings. The molecule has 0 aromatic carbocycles. The van der Waals surface area contributed by atoms with Gasteiger partial charge in [-0.25, -0.2) is 0 Å². The number of carbonyl (C=O) groups is 1. The predicted octanol–water partition coefficient (Wildman–Crippen LogP) is 1.80. The molecule has 1 atom stereocenters. The molecule has 0 radical (unpaired) electrons. The minimum absolute atomic E-state index is 0.0653. The zero-order valence-corrected chi connectivity index (χ0v) is 9.08. The summed E-state index contributed by atoms with van der Waals surface area (Å²) in [6.07, 6.45) is 1.89. The number of amides is 1. The van der Waals surface area contributed by atoms with Crippen LogP contribution in [0.5, 0.6) is 0 Å². The Morgan fingerprint density at radius 1 is 1.65 bits per heavy atom. The molecule has 0 bridgehead atoms. The van der Waals surface area contributed by atoms with Gasteiger partial charge in [-0.15, -0.1) is 6.42 Å². The summed E-state index contributed by atoms with van der Waals surface area (Å²) >= 11 is 0. The number of carbonyl (C=O) groups excluding carboxylic acids is 1. The van der Waals surface area contributed by atoms with Crippen LogP contribution in [0.25, 0.3) is 0 Å². The molecule has 0 aliphatic carbocycles. The van der Waals surface area contributed by atoms with Crippen molar-refractivity contribution in [1.29, 1.82) is 0 Å². The first-order chi connectivity index (χ1) is 7.83. The molecule has 1 aromatic rings. The van der Waals surface area contributed by atoms with E-state index in [0.717, 1.165) is 4.57 Å². The lowest BCUT2D eigenvalue weighted by molar-refractivity contribution is -0.140. The Bertz CT molecular complexity index is 442. The third-order valence-electron chi connectivity index (χ3n) is 2.01. The number of halogens is 3. The van der Waals surface area contributed by atoms with Crippen LogP contribution in [0.15, 0.2) is 18.3 Å². The lowest BCUT2D eigenvalue weighted by atomic mass is 10.3. The molecule has 92 valence electrons. The molecule has 1 unspecified atom stereocenters. The first kappa shape index (κ1) is 13.2. The standard InChI is InChI=1S/C11H11F3N2O/c1-3-8(2)15-10(17)9-5-4-6-16(9)7-11(12,13)14/h1,4-6,8H,7H2,2H3,(H,15,17). The number of terminal acetylenes is 1. The molecular formula is C11H11F3N2O. The van der Waals surface area contributed by atoms with Crippen LogP contribution in [0.1, 0.15) is 17.4 Å². The van der Waals surface area contributed by atoms with Crippen LogP contribution >= 0.6 is 0 Å². The van der Waals surface area contributed by atoms with Crippen LogP contribution < -0.4 is 5.32 Å². The first-order valence-electron chi connectivity index (χ1n) is 4.82. The van der Waals surface area contributed by atoms with Gasteiger partial charge >= 0.3 is 6.18 Å². The van der Waals surface area contributed by atoms with E-state index in [1.807, 2.05) is 0 Å². The molecule has 0 aliphatic heterocycles. The minimum atomic E-state index is -4.37. The Hall–Kier alpha value is -1.90. The van der Waals surface area contributed by atoms with E-state index in [9.17, 15) is 18.0 Å². The molecule has 1 rings (SSSR count). The van der Waals surface area contributed by atoms with Gasteiger partial charge < -0.3 is 9.88 Å². The zero-order valence-electron chi connectivity index (χ0n) is 9.08. The molecular weight excluding hydrogens is 233 g/mol. The van der Waals surface area contributed by atoms with Crippen molar-refractivity contribution in [2.24, 2.45) is 0 Å². The van der Waals surface area contributed by atoms with Crippen LogP contribution in [0.3, 0.4) is 0 Å². The molecule has 1 aromatic heterocycles. The monoisotopic (exact) mass is 244 g/mol. The lowest BCUT2D eigenvalue weighted by Crippen LogP contribution is -2.33. The van der Waals surface area contributed by atoms with Crippen LogP contribution in [-0.2, 0) is 6.54 Å². The molecule has 1 heterocycles. The van der Waals surface area contributed by atoms with Crippen molar-refractivity contribution in [3.8, 4) is 12.3 Å². The molecule has 17 heavy (non-hydrogen) atoms. The number of hydrogen-bond acceptors (Lipinski definition) is 1. The summed E-state index contributed by atoms with van der Waals surface area (Å²) in [4.78, 5) is 11.6. The van der Waals surface area contributed by atoms with Crippen molar-refractivity contribution in [3.63, 3.8) is 0 Å². The highest BCUT2D eigenvalue weighted by molar-refractivity contribution is 5.93. The normalized spacial score (nSPS) is 12.9. The second-order valence-corrected chi connectivity index (χ2v) is 3.50. The summed E-state index contributed by atoms with van der Waals surface area (Å²) < 4.78 is 37.5. The molecule has 0 aliphatic rings. The second-order valence-electron chi connectivity index (χ2n) is 3.50. The number of rotatable bonds is 3. The van der Waals surface area contributed by atoms with Gasteiger partial charge in [0.05, 0.1) is 6.04 Å². The fraction of sp³-hybridized carbons (Fsp3) is 0.364. The highest BCUT2D eigenvalue weighted by Gasteiger charge is 2.29. The van der Waals surface area contributed by atoms with E-state index >= 15 is 0 Å². The van der Waals surface area contributed by atoms with Crippen LogP contribution in [0, 0.1) is 12.3 Å². The van der Waals surface area contributed by atoms with Crippen LogP contribution in [0.4, 0.5) is 13.2 Å². The second kappa shape index (κ2) is 4.95. The van der Waals surface area contributed by atoms with E-state index in [1.54, 1.807) is 6.92 Å². The Morgan fingerprint density at radius 3 is 2.82 bits per heavy atom. The molecule has 6 heteroatoms.